The highest BCUT2D eigenvalue weighted by molar-refractivity contribution is 6.18. The fourth-order valence-electron chi connectivity index (χ4n) is 1.11. The lowest BCUT2D eigenvalue weighted by Crippen LogP contribution is -2.37. The summed E-state index contributed by atoms with van der Waals surface area (Å²) in [4.78, 5) is 11.0. The SMILES string of the molecule is Cc1cnoc1C1=NNC(=O)C1N. The molecular weight excluding hydrogens is 172 g/mol. The molecule has 1 atom stereocenters. The van der Waals surface area contributed by atoms with Crippen LogP contribution in [0, 0.1) is 6.92 Å². The highest BCUT2D eigenvalue weighted by Gasteiger charge is 2.30. The van der Waals surface area contributed by atoms with Crippen molar-refractivity contribution in [1.82, 2.24) is 10.6 Å². The molecule has 1 aromatic rings. The highest BCUT2D eigenvalue weighted by Crippen LogP contribution is 2.11. The van der Waals surface area contributed by atoms with E-state index in [1.807, 2.05) is 6.92 Å². The third-order valence-electron chi connectivity index (χ3n) is 1.84. The minimum atomic E-state index is -0.758. The predicted octanol–water partition coefficient (Wildman–Crippen LogP) is -0.856. The molecule has 6 nitrogen and oxygen atoms in total. The first-order valence-corrected chi connectivity index (χ1v) is 3.75. The van der Waals surface area contributed by atoms with E-state index in [2.05, 4.69) is 15.7 Å². The van der Waals surface area contributed by atoms with Gasteiger partial charge in [0.15, 0.2) is 5.76 Å². The lowest BCUT2D eigenvalue weighted by Gasteiger charge is -1.99. The van der Waals surface area contributed by atoms with Gasteiger partial charge in [-0.2, -0.15) is 5.10 Å². The number of nitrogens with one attached hydrogen (secondary N) is 1. The standard InChI is InChI=1S/C7H8N4O2/c1-3-2-9-13-6(3)5-4(8)7(12)11-10-5/h2,4H,8H2,1H3,(H,11,12). The monoisotopic (exact) mass is 180 g/mol. The average molecular weight is 180 g/mol. The second-order valence-corrected chi connectivity index (χ2v) is 2.79. The minimum absolute atomic E-state index is 0.328. The minimum Gasteiger partial charge on any atom is -0.355 e. The molecule has 0 spiro atoms. The molecule has 13 heavy (non-hydrogen) atoms. The Hall–Kier alpha value is -1.69. The smallest absolute Gasteiger partial charge is 0.263 e. The summed E-state index contributed by atoms with van der Waals surface area (Å²) >= 11 is 0. The Bertz CT molecular complexity index is 382. The number of nitrogens with two attached hydrogens (primary N) is 1. The zero-order chi connectivity index (χ0) is 9.42. The zero-order valence-electron chi connectivity index (χ0n) is 6.94. The number of carbonyl (C=O) groups is 1. The third-order valence-corrected chi connectivity index (χ3v) is 1.84. The first kappa shape index (κ1) is 7.93. The lowest BCUT2D eigenvalue weighted by atomic mass is 10.1. The van der Waals surface area contributed by atoms with Crippen LogP contribution in [0.1, 0.15) is 11.3 Å². The lowest BCUT2D eigenvalue weighted by molar-refractivity contribution is -0.120. The second-order valence-electron chi connectivity index (χ2n) is 2.79. The zero-order valence-corrected chi connectivity index (χ0v) is 6.94. The Morgan fingerprint density at radius 2 is 2.46 bits per heavy atom. The van der Waals surface area contributed by atoms with Crippen LogP contribution in [0.3, 0.4) is 0 Å². The van der Waals surface area contributed by atoms with Crippen LogP contribution in [0.5, 0.6) is 0 Å². The van der Waals surface area contributed by atoms with E-state index in [4.69, 9.17) is 10.3 Å². The van der Waals surface area contributed by atoms with Gasteiger partial charge >= 0.3 is 0 Å². The van der Waals surface area contributed by atoms with Gasteiger partial charge in [-0.1, -0.05) is 5.16 Å². The summed E-state index contributed by atoms with van der Waals surface area (Å²) < 4.78 is 4.91. The molecule has 1 aliphatic heterocycles. The Morgan fingerprint density at radius 1 is 1.69 bits per heavy atom. The molecule has 0 fully saturated rings. The molecule has 6 heteroatoms. The Morgan fingerprint density at radius 3 is 2.92 bits per heavy atom. The molecule has 1 aromatic heterocycles. The quantitative estimate of drug-likeness (QED) is 0.588. The van der Waals surface area contributed by atoms with Gasteiger partial charge < -0.3 is 10.3 Å². The number of aryl methyl sites for hydroxylation is 1. The predicted molar refractivity (Wildman–Crippen MR) is 43.9 cm³/mol. The van der Waals surface area contributed by atoms with E-state index in [0.29, 0.717) is 11.5 Å². The Labute approximate surface area is 73.8 Å². The number of nitrogens with zero attached hydrogens (tertiary/aromatic N) is 2. The van der Waals surface area contributed by atoms with Gasteiger partial charge in [-0.25, -0.2) is 5.43 Å². The molecule has 0 bridgehead atoms. The van der Waals surface area contributed by atoms with Crippen LogP contribution < -0.4 is 11.2 Å². The molecule has 0 aliphatic carbocycles. The van der Waals surface area contributed by atoms with E-state index in [0.717, 1.165) is 5.56 Å². The normalized spacial score (nSPS) is 21.5. The van der Waals surface area contributed by atoms with Crippen LogP contribution >= 0.6 is 0 Å². The van der Waals surface area contributed by atoms with Crippen molar-refractivity contribution in [2.75, 3.05) is 0 Å². The molecule has 0 radical (unpaired) electrons. The first-order chi connectivity index (χ1) is 6.20. The molecule has 1 amide bonds. The first-order valence-electron chi connectivity index (χ1n) is 3.75. The van der Waals surface area contributed by atoms with E-state index < -0.39 is 6.04 Å². The van der Waals surface area contributed by atoms with E-state index in [-0.39, 0.29) is 5.91 Å². The summed E-state index contributed by atoms with van der Waals surface area (Å²) in [5.41, 5.74) is 9.04. The van der Waals surface area contributed by atoms with Crippen LogP contribution in [-0.2, 0) is 4.79 Å². The largest absolute Gasteiger partial charge is 0.355 e. The number of hydrogen-bond acceptors (Lipinski definition) is 5. The van der Waals surface area contributed by atoms with Crippen molar-refractivity contribution in [3.63, 3.8) is 0 Å². The molecule has 2 heterocycles. The van der Waals surface area contributed by atoms with Gasteiger partial charge in [-0.15, -0.1) is 0 Å². The molecule has 0 aromatic carbocycles. The van der Waals surface area contributed by atoms with Crippen LogP contribution in [0.15, 0.2) is 15.8 Å². The van der Waals surface area contributed by atoms with Crippen molar-refractivity contribution in [3.8, 4) is 0 Å². The van der Waals surface area contributed by atoms with Gasteiger partial charge in [0.25, 0.3) is 5.91 Å². The summed E-state index contributed by atoms with van der Waals surface area (Å²) in [6.45, 7) is 1.81. The van der Waals surface area contributed by atoms with Crippen molar-refractivity contribution in [2.45, 2.75) is 13.0 Å². The average Bonchev–Trinajstić information content (AvgIpc) is 2.62. The van der Waals surface area contributed by atoms with Gasteiger partial charge in [0.1, 0.15) is 11.8 Å². The van der Waals surface area contributed by atoms with Gasteiger partial charge in [0, 0.05) is 5.56 Å². The van der Waals surface area contributed by atoms with Crippen molar-refractivity contribution in [3.05, 3.63) is 17.5 Å². The number of carbonyl (C=O) groups excluding carboxylic acids is 1. The maximum Gasteiger partial charge on any atom is 0.263 e. The molecule has 1 aliphatic rings. The van der Waals surface area contributed by atoms with E-state index in [1.54, 1.807) is 6.20 Å². The Kier molecular flexibility index (Phi) is 1.63. The molecular formula is C7H8N4O2. The van der Waals surface area contributed by atoms with Crippen LogP contribution in [-0.4, -0.2) is 22.8 Å². The van der Waals surface area contributed by atoms with Gasteiger partial charge in [-0.3, -0.25) is 4.79 Å². The van der Waals surface area contributed by atoms with Crippen LogP contribution in [0.25, 0.3) is 0 Å². The van der Waals surface area contributed by atoms with E-state index >= 15 is 0 Å². The van der Waals surface area contributed by atoms with Crippen molar-refractivity contribution in [2.24, 2.45) is 10.8 Å². The van der Waals surface area contributed by atoms with Gasteiger partial charge in [0.05, 0.1) is 6.20 Å². The molecule has 2 rings (SSSR count). The summed E-state index contributed by atoms with van der Waals surface area (Å²) in [7, 11) is 0. The molecule has 0 saturated heterocycles. The van der Waals surface area contributed by atoms with Gasteiger partial charge in [-0.05, 0) is 6.92 Å². The number of aromatic nitrogens is 1. The Balaban J connectivity index is 2.39. The summed E-state index contributed by atoms with van der Waals surface area (Å²) in [5.74, 6) is 0.136. The second kappa shape index (κ2) is 2.67. The number of hydrazone groups is 1. The van der Waals surface area contributed by atoms with E-state index in [9.17, 15) is 4.79 Å². The molecule has 3 N–H and O–H groups in total. The van der Waals surface area contributed by atoms with Crippen LogP contribution in [0.2, 0.25) is 0 Å². The fraction of sp³-hybridized carbons (Fsp3) is 0.286. The van der Waals surface area contributed by atoms with Crippen molar-refractivity contribution in [1.29, 1.82) is 0 Å². The maximum absolute atomic E-state index is 11.0. The number of amides is 1. The maximum atomic E-state index is 11.0. The summed E-state index contributed by atoms with van der Waals surface area (Å²) in [6.07, 6.45) is 1.55. The number of rotatable bonds is 1. The molecule has 1 unspecified atom stereocenters. The highest BCUT2D eigenvalue weighted by atomic mass is 16.5. The van der Waals surface area contributed by atoms with Crippen molar-refractivity contribution >= 4 is 11.6 Å². The van der Waals surface area contributed by atoms with E-state index in [1.165, 1.54) is 0 Å². The topological polar surface area (TPSA) is 93.5 Å². The summed E-state index contributed by atoms with van der Waals surface area (Å²) in [5, 5.41) is 7.33. The number of hydrogen-bond donors (Lipinski definition) is 2. The van der Waals surface area contributed by atoms with Crippen molar-refractivity contribution < 1.29 is 9.32 Å². The van der Waals surface area contributed by atoms with Crippen LogP contribution in [0.4, 0.5) is 0 Å². The molecule has 68 valence electrons. The molecule has 0 saturated carbocycles. The third kappa shape index (κ3) is 1.11. The fourth-order valence-corrected chi connectivity index (χ4v) is 1.11. The van der Waals surface area contributed by atoms with Gasteiger partial charge in [0.2, 0.25) is 0 Å². The summed E-state index contributed by atoms with van der Waals surface area (Å²) in [6, 6.07) is -0.758.